The molecular weight excluding hydrogens is 150 g/mol. The van der Waals surface area contributed by atoms with E-state index in [0.29, 0.717) is 5.88 Å². The van der Waals surface area contributed by atoms with Gasteiger partial charge in [-0.3, -0.25) is 4.98 Å². The number of halogens is 1. The van der Waals surface area contributed by atoms with E-state index < -0.39 is 0 Å². The molecule has 0 spiro atoms. The minimum Gasteiger partial charge on any atom is -0.497 e. The summed E-state index contributed by atoms with van der Waals surface area (Å²) in [5.74, 6) is 1.22. The second-order valence-electron chi connectivity index (χ2n) is 1.82. The van der Waals surface area contributed by atoms with E-state index in [4.69, 9.17) is 16.3 Å². The standard InChI is InChI=1S/C7H8ClNO/c1-10-7-2-3-9-6(4-7)5-8/h2-4H,5H2,1H3. The Hall–Kier alpha value is -0.760. The van der Waals surface area contributed by atoms with Crippen molar-refractivity contribution in [3.05, 3.63) is 24.0 Å². The average molecular weight is 158 g/mol. The molecule has 0 saturated carbocycles. The summed E-state index contributed by atoms with van der Waals surface area (Å²) in [6.07, 6.45) is 1.68. The molecule has 0 atom stereocenters. The summed E-state index contributed by atoms with van der Waals surface area (Å²) in [6, 6.07) is 3.60. The molecule has 10 heavy (non-hydrogen) atoms. The molecule has 0 bridgehead atoms. The van der Waals surface area contributed by atoms with Crippen molar-refractivity contribution in [2.75, 3.05) is 7.11 Å². The van der Waals surface area contributed by atoms with Gasteiger partial charge in [-0.25, -0.2) is 0 Å². The molecule has 1 aromatic heterocycles. The van der Waals surface area contributed by atoms with Crippen molar-refractivity contribution in [1.29, 1.82) is 0 Å². The first kappa shape index (κ1) is 7.35. The smallest absolute Gasteiger partial charge is 0.122 e. The average Bonchev–Trinajstić information content (AvgIpc) is 2.05. The maximum atomic E-state index is 5.54. The Morgan fingerprint density at radius 2 is 2.50 bits per heavy atom. The molecule has 2 nitrogen and oxygen atoms in total. The Labute approximate surface area is 64.8 Å². The molecule has 0 unspecified atom stereocenters. The fourth-order valence-electron chi connectivity index (χ4n) is 0.656. The molecule has 0 N–H and O–H groups in total. The van der Waals surface area contributed by atoms with Crippen LogP contribution in [0.5, 0.6) is 5.75 Å². The van der Waals surface area contributed by atoms with Gasteiger partial charge in [0.1, 0.15) is 5.75 Å². The third-order valence-electron chi connectivity index (χ3n) is 1.16. The summed E-state index contributed by atoms with van der Waals surface area (Å²) in [7, 11) is 1.62. The van der Waals surface area contributed by atoms with Crippen LogP contribution in [0.25, 0.3) is 0 Å². The van der Waals surface area contributed by atoms with Crippen LogP contribution in [0, 0.1) is 0 Å². The van der Waals surface area contributed by atoms with Crippen molar-refractivity contribution in [1.82, 2.24) is 4.98 Å². The van der Waals surface area contributed by atoms with Gasteiger partial charge in [-0.2, -0.15) is 0 Å². The minimum atomic E-state index is 0.428. The maximum absolute atomic E-state index is 5.54. The van der Waals surface area contributed by atoms with Crippen molar-refractivity contribution >= 4 is 11.6 Å². The van der Waals surface area contributed by atoms with Crippen LogP contribution in [-0.2, 0) is 5.88 Å². The molecule has 0 aromatic carbocycles. The third-order valence-corrected chi connectivity index (χ3v) is 1.43. The highest BCUT2D eigenvalue weighted by Gasteiger charge is 1.93. The zero-order valence-electron chi connectivity index (χ0n) is 5.67. The Bertz CT molecular complexity index is 195. The molecule has 54 valence electrons. The lowest BCUT2D eigenvalue weighted by Crippen LogP contribution is -1.87. The number of alkyl halides is 1. The minimum absolute atomic E-state index is 0.428. The molecule has 0 aliphatic heterocycles. The number of rotatable bonds is 2. The van der Waals surface area contributed by atoms with Crippen molar-refractivity contribution in [2.45, 2.75) is 5.88 Å². The second kappa shape index (κ2) is 3.42. The van der Waals surface area contributed by atoms with E-state index >= 15 is 0 Å². The maximum Gasteiger partial charge on any atom is 0.122 e. The SMILES string of the molecule is COc1ccnc(CCl)c1. The number of nitrogens with zero attached hydrogens (tertiary/aromatic N) is 1. The first-order valence-corrected chi connectivity index (χ1v) is 3.45. The van der Waals surface area contributed by atoms with Crippen molar-refractivity contribution in [3.8, 4) is 5.75 Å². The van der Waals surface area contributed by atoms with Gasteiger partial charge < -0.3 is 4.74 Å². The summed E-state index contributed by atoms with van der Waals surface area (Å²) in [6.45, 7) is 0. The number of hydrogen-bond acceptors (Lipinski definition) is 2. The largest absolute Gasteiger partial charge is 0.497 e. The number of pyridine rings is 1. The van der Waals surface area contributed by atoms with E-state index in [0.717, 1.165) is 11.4 Å². The van der Waals surface area contributed by atoms with Crippen LogP contribution in [0.2, 0.25) is 0 Å². The summed E-state index contributed by atoms with van der Waals surface area (Å²) < 4.78 is 4.96. The van der Waals surface area contributed by atoms with Gasteiger partial charge in [0.15, 0.2) is 0 Å². The highest BCUT2D eigenvalue weighted by molar-refractivity contribution is 6.16. The van der Waals surface area contributed by atoms with Crippen molar-refractivity contribution in [2.24, 2.45) is 0 Å². The van der Waals surface area contributed by atoms with Gasteiger partial charge in [-0.1, -0.05) is 0 Å². The van der Waals surface area contributed by atoms with Crippen LogP contribution in [-0.4, -0.2) is 12.1 Å². The van der Waals surface area contributed by atoms with E-state index in [1.165, 1.54) is 0 Å². The Kier molecular flexibility index (Phi) is 2.51. The van der Waals surface area contributed by atoms with E-state index in [9.17, 15) is 0 Å². The monoisotopic (exact) mass is 157 g/mol. The highest BCUT2D eigenvalue weighted by atomic mass is 35.5. The fraction of sp³-hybridized carbons (Fsp3) is 0.286. The van der Waals surface area contributed by atoms with Crippen molar-refractivity contribution < 1.29 is 4.74 Å². The van der Waals surface area contributed by atoms with E-state index in [1.54, 1.807) is 19.4 Å². The zero-order chi connectivity index (χ0) is 7.40. The van der Waals surface area contributed by atoms with Gasteiger partial charge in [0.05, 0.1) is 18.7 Å². The second-order valence-corrected chi connectivity index (χ2v) is 2.09. The quantitative estimate of drug-likeness (QED) is 0.611. The van der Waals surface area contributed by atoms with Gasteiger partial charge in [-0.05, 0) is 6.07 Å². The fourth-order valence-corrected chi connectivity index (χ4v) is 0.802. The highest BCUT2D eigenvalue weighted by Crippen LogP contribution is 2.10. The summed E-state index contributed by atoms with van der Waals surface area (Å²) in [5.41, 5.74) is 0.834. The summed E-state index contributed by atoms with van der Waals surface area (Å²) >= 11 is 5.54. The van der Waals surface area contributed by atoms with Crippen LogP contribution >= 0.6 is 11.6 Å². The molecule has 0 radical (unpaired) electrons. The van der Waals surface area contributed by atoms with Crippen LogP contribution in [0.4, 0.5) is 0 Å². The van der Waals surface area contributed by atoms with Gasteiger partial charge in [0, 0.05) is 12.3 Å². The molecule has 1 rings (SSSR count). The predicted octanol–water partition coefficient (Wildman–Crippen LogP) is 1.83. The number of methoxy groups -OCH3 is 1. The van der Waals surface area contributed by atoms with E-state index in [2.05, 4.69) is 4.98 Å². The number of hydrogen-bond donors (Lipinski definition) is 0. The van der Waals surface area contributed by atoms with Gasteiger partial charge >= 0.3 is 0 Å². The number of ether oxygens (including phenoxy) is 1. The molecule has 1 aromatic rings. The molecule has 1 heterocycles. The molecule has 3 heteroatoms. The lowest BCUT2D eigenvalue weighted by Gasteiger charge is -1.98. The zero-order valence-corrected chi connectivity index (χ0v) is 6.43. The normalized spacial score (nSPS) is 9.40. The van der Waals surface area contributed by atoms with Crippen LogP contribution in [0.1, 0.15) is 5.69 Å². The lowest BCUT2D eigenvalue weighted by atomic mass is 10.4. The Morgan fingerprint density at radius 3 is 3.10 bits per heavy atom. The van der Waals surface area contributed by atoms with Crippen LogP contribution in [0.15, 0.2) is 18.3 Å². The van der Waals surface area contributed by atoms with E-state index in [1.807, 2.05) is 6.07 Å². The third kappa shape index (κ3) is 1.61. The molecular formula is C7H8ClNO. The molecule has 0 fully saturated rings. The molecule has 0 amide bonds. The van der Waals surface area contributed by atoms with Crippen LogP contribution < -0.4 is 4.74 Å². The summed E-state index contributed by atoms with van der Waals surface area (Å²) in [4.78, 5) is 3.99. The molecule has 0 saturated heterocycles. The van der Waals surface area contributed by atoms with E-state index in [-0.39, 0.29) is 0 Å². The first-order valence-electron chi connectivity index (χ1n) is 2.91. The lowest BCUT2D eigenvalue weighted by molar-refractivity contribution is 0.413. The van der Waals surface area contributed by atoms with Crippen LogP contribution in [0.3, 0.4) is 0 Å². The Balaban J connectivity index is 2.87. The first-order chi connectivity index (χ1) is 4.86. The predicted molar refractivity (Wildman–Crippen MR) is 40.3 cm³/mol. The summed E-state index contributed by atoms with van der Waals surface area (Å²) in [5, 5.41) is 0. The van der Waals surface area contributed by atoms with Gasteiger partial charge in [0.25, 0.3) is 0 Å². The number of aromatic nitrogens is 1. The molecule has 0 aliphatic carbocycles. The van der Waals surface area contributed by atoms with Gasteiger partial charge in [0.2, 0.25) is 0 Å². The topological polar surface area (TPSA) is 22.1 Å². The molecule has 0 aliphatic rings. The van der Waals surface area contributed by atoms with Gasteiger partial charge in [-0.15, -0.1) is 11.6 Å². The van der Waals surface area contributed by atoms with Crippen molar-refractivity contribution in [3.63, 3.8) is 0 Å². The Morgan fingerprint density at radius 1 is 1.70 bits per heavy atom.